The Labute approximate surface area is 106 Å². The molecule has 0 aromatic carbocycles. The Bertz CT molecular complexity index is 375. The number of ether oxygens (including phenoxy) is 1. The van der Waals surface area contributed by atoms with Crippen molar-refractivity contribution in [2.24, 2.45) is 0 Å². The maximum Gasteiger partial charge on any atom is 0.235 e. The highest BCUT2D eigenvalue weighted by molar-refractivity contribution is 6.36. The number of aromatic nitrogens is 1. The molecule has 1 N–H and O–H groups in total. The highest BCUT2D eigenvalue weighted by atomic mass is 35.5. The molecule has 1 aromatic heterocycles. The van der Waals surface area contributed by atoms with E-state index in [4.69, 9.17) is 27.9 Å². The molecule has 0 amide bonds. The summed E-state index contributed by atoms with van der Waals surface area (Å²) < 4.78 is 5.63. The van der Waals surface area contributed by atoms with Crippen molar-refractivity contribution in [3.05, 3.63) is 16.1 Å². The molecule has 0 aliphatic carbocycles. The number of rotatable bonds is 3. The fourth-order valence-electron chi connectivity index (χ4n) is 1.10. The van der Waals surface area contributed by atoms with Crippen LogP contribution in [0.1, 0.15) is 27.7 Å². The van der Waals surface area contributed by atoms with Gasteiger partial charge in [-0.3, -0.25) is 0 Å². The first kappa shape index (κ1) is 13.4. The summed E-state index contributed by atoms with van der Waals surface area (Å²) in [7, 11) is 0. The van der Waals surface area contributed by atoms with Crippen molar-refractivity contribution in [2.45, 2.75) is 33.3 Å². The summed E-state index contributed by atoms with van der Waals surface area (Å²) in [4.78, 5) is 4.25. The van der Waals surface area contributed by atoms with Crippen LogP contribution in [0.25, 0.3) is 0 Å². The third-order valence-corrected chi connectivity index (χ3v) is 2.20. The molecule has 16 heavy (non-hydrogen) atoms. The van der Waals surface area contributed by atoms with E-state index < -0.39 is 0 Å². The van der Waals surface area contributed by atoms with Crippen molar-refractivity contribution in [2.75, 3.05) is 11.9 Å². The lowest BCUT2D eigenvalue weighted by Gasteiger charge is -2.21. The maximum absolute atomic E-state index is 6.01. The van der Waals surface area contributed by atoms with Crippen LogP contribution in [0.5, 0.6) is 5.88 Å². The van der Waals surface area contributed by atoms with Crippen LogP contribution < -0.4 is 10.1 Å². The summed E-state index contributed by atoms with van der Waals surface area (Å²) in [6, 6.07) is 1.63. The average molecular weight is 263 g/mol. The highest BCUT2D eigenvalue weighted by Crippen LogP contribution is 2.32. The Morgan fingerprint density at radius 2 is 1.94 bits per heavy atom. The molecule has 5 heteroatoms. The highest BCUT2D eigenvalue weighted by Gasteiger charge is 2.17. The van der Waals surface area contributed by atoms with Gasteiger partial charge in [0.15, 0.2) is 0 Å². The molecule has 1 aromatic rings. The Kier molecular flexibility index (Phi) is 4.28. The van der Waals surface area contributed by atoms with E-state index in [1.165, 1.54) is 0 Å². The largest absolute Gasteiger partial charge is 0.471 e. The second kappa shape index (κ2) is 5.11. The zero-order valence-electron chi connectivity index (χ0n) is 9.90. The van der Waals surface area contributed by atoms with Crippen LogP contribution in [-0.4, -0.2) is 17.1 Å². The maximum atomic E-state index is 6.01. The molecule has 0 aliphatic rings. The molecule has 0 saturated heterocycles. The van der Waals surface area contributed by atoms with Gasteiger partial charge in [0.05, 0.1) is 5.02 Å². The smallest absolute Gasteiger partial charge is 0.235 e. The third-order valence-electron chi connectivity index (χ3n) is 1.64. The van der Waals surface area contributed by atoms with E-state index in [1.807, 2.05) is 27.7 Å². The molecular weight excluding hydrogens is 247 g/mol. The molecular formula is C11H16Cl2N2O. The summed E-state index contributed by atoms with van der Waals surface area (Å²) in [6.07, 6.45) is 0. The van der Waals surface area contributed by atoms with E-state index in [-0.39, 0.29) is 5.60 Å². The molecule has 0 aliphatic heterocycles. The Hall–Kier alpha value is -0.670. The first-order chi connectivity index (χ1) is 7.33. The number of hydrogen-bond donors (Lipinski definition) is 1. The lowest BCUT2D eigenvalue weighted by molar-refractivity contribution is 0.124. The van der Waals surface area contributed by atoms with Crippen molar-refractivity contribution in [1.82, 2.24) is 4.98 Å². The molecule has 0 unspecified atom stereocenters. The molecule has 0 saturated carbocycles. The van der Waals surface area contributed by atoms with E-state index in [0.717, 1.165) is 6.54 Å². The van der Waals surface area contributed by atoms with Gasteiger partial charge in [-0.1, -0.05) is 23.2 Å². The number of nitrogens with one attached hydrogen (secondary N) is 1. The van der Waals surface area contributed by atoms with Crippen molar-refractivity contribution in [3.63, 3.8) is 0 Å². The van der Waals surface area contributed by atoms with Crippen molar-refractivity contribution < 1.29 is 4.74 Å². The standard InChI is InChI=1S/C11H16Cl2N2O/c1-5-14-9-7(12)6-8(13)10(15-9)16-11(2,3)4/h6H,5H2,1-4H3,(H,14,15). The van der Waals surface area contributed by atoms with E-state index >= 15 is 0 Å². The number of nitrogens with zero attached hydrogens (tertiary/aromatic N) is 1. The van der Waals surface area contributed by atoms with Gasteiger partial charge in [-0.25, -0.2) is 0 Å². The topological polar surface area (TPSA) is 34.2 Å². The SMILES string of the molecule is CCNc1nc(OC(C)(C)C)c(Cl)cc1Cl. The zero-order valence-corrected chi connectivity index (χ0v) is 11.4. The van der Waals surface area contributed by atoms with Crippen LogP contribution in [0.2, 0.25) is 10.0 Å². The monoisotopic (exact) mass is 262 g/mol. The first-order valence-electron chi connectivity index (χ1n) is 5.12. The van der Waals surface area contributed by atoms with Gasteiger partial charge in [-0.2, -0.15) is 4.98 Å². The second-order valence-corrected chi connectivity index (χ2v) is 5.16. The number of halogens is 2. The molecule has 1 rings (SSSR count). The summed E-state index contributed by atoms with van der Waals surface area (Å²) in [5.74, 6) is 0.988. The minimum absolute atomic E-state index is 0.339. The van der Waals surface area contributed by atoms with Gasteiger partial charge in [0.25, 0.3) is 0 Å². The normalized spacial score (nSPS) is 11.4. The second-order valence-electron chi connectivity index (χ2n) is 4.35. The fraction of sp³-hybridized carbons (Fsp3) is 0.545. The van der Waals surface area contributed by atoms with Crippen LogP contribution in [-0.2, 0) is 0 Å². The molecule has 0 fully saturated rings. The van der Waals surface area contributed by atoms with Crippen LogP contribution in [0.3, 0.4) is 0 Å². The van der Waals surface area contributed by atoms with Crippen LogP contribution in [0.15, 0.2) is 6.07 Å². The predicted molar refractivity (Wildman–Crippen MR) is 68.8 cm³/mol. The molecule has 0 radical (unpaired) electrons. The van der Waals surface area contributed by atoms with Gasteiger partial charge < -0.3 is 10.1 Å². The third kappa shape index (κ3) is 3.72. The van der Waals surface area contributed by atoms with Crippen molar-refractivity contribution in [3.8, 4) is 5.88 Å². The van der Waals surface area contributed by atoms with E-state index in [9.17, 15) is 0 Å². The average Bonchev–Trinajstić information content (AvgIpc) is 2.11. The minimum atomic E-state index is -0.339. The molecule has 90 valence electrons. The molecule has 3 nitrogen and oxygen atoms in total. The summed E-state index contributed by atoms with van der Waals surface area (Å²) in [5, 5.41) is 3.96. The van der Waals surface area contributed by atoms with Crippen LogP contribution in [0.4, 0.5) is 5.82 Å². The van der Waals surface area contributed by atoms with Gasteiger partial charge in [0.1, 0.15) is 16.4 Å². The van der Waals surface area contributed by atoms with Gasteiger partial charge >= 0.3 is 0 Å². The summed E-state index contributed by atoms with van der Waals surface area (Å²) in [5.41, 5.74) is -0.339. The van der Waals surface area contributed by atoms with Gasteiger partial charge in [-0.15, -0.1) is 0 Å². The Morgan fingerprint density at radius 3 is 2.44 bits per heavy atom. The number of anilines is 1. The first-order valence-corrected chi connectivity index (χ1v) is 5.88. The van der Waals surface area contributed by atoms with E-state index in [2.05, 4.69) is 10.3 Å². The Morgan fingerprint density at radius 1 is 1.31 bits per heavy atom. The summed E-state index contributed by atoms with van der Waals surface area (Å²) in [6.45, 7) is 8.52. The summed E-state index contributed by atoms with van der Waals surface area (Å²) >= 11 is 12.0. The van der Waals surface area contributed by atoms with E-state index in [1.54, 1.807) is 6.07 Å². The zero-order chi connectivity index (χ0) is 12.3. The lowest BCUT2D eigenvalue weighted by atomic mass is 10.2. The quantitative estimate of drug-likeness (QED) is 0.895. The van der Waals surface area contributed by atoms with Crippen molar-refractivity contribution in [1.29, 1.82) is 0 Å². The fourth-order valence-corrected chi connectivity index (χ4v) is 1.57. The minimum Gasteiger partial charge on any atom is -0.471 e. The van der Waals surface area contributed by atoms with Crippen molar-refractivity contribution >= 4 is 29.0 Å². The van der Waals surface area contributed by atoms with Gasteiger partial charge in [-0.05, 0) is 33.8 Å². The Balaban J connectivity index is 3.04. The van der Waals surface area contributed by atoms with Crippen LogP contribution in [0, 0.1) is 0 Å². The van der Waals surface area contributed by atoms with E-state index in [0.29, 0.717) is 21.7 Å². The number of hydrogen-bond acceptors (Lipinski definition) is 3. The molecule has 0 bridgehead atoms. The lowest BCUT2D eigenvalue weighted by Crippen LogP contribution is -2.24. The molecule has 0 spiro atoms. The molecule has 1 heterocycles. The van der Waals surface area contributed by atoms with Gasteiger partial charge in [0, 0.05) is 6.54 Å². The van der Waals surface area contributed by atoms with Crippen LogP contribution >= 0.6 is 23.2 Å². The van der Waals surface area contributed by atoms with Gasteiger partial charge in [0.2, 0.25) is 5.88 Å². The predicted octanol–water partition coefficient (Wildman–Crippen LogP) is 4.00. The number of pyridine rings is 1. The molecule has 0 atom stereocenters.